The molecule has 1 amide bonds. The maximum Gasteiger partial charge on any atom is 0.225 e. The SMILES string of the molecule is CC(C)CCn1c(N2CCCC(C(=O)NC3CC3)C2)nc2ccccc21. The number of imidazole rings is 1. The number of aryl methyl sites for hydroxylation is 1. The van der Waals surface area contributed by atoms with Gasteiger partial charge in [0, 0.05) is 25.7 Å². The number of benzene rings is 1. The topological polar surface area (TPSA) is 50.2 Å². The quantitative estimate of drug-likeness (QED) is 0.863. The Morgan fingerprint density at radius 1 is 1.27 bits per heavy atom. The van der Waals surface area contributed by atoms with Crippen LogP contribution in [0.5, 0.6) is 0 Å². The van der Waals surface area contributed by atoms with Gasteiger partial charge >= 0.3 is 0 Å². The molecule has 1 aromatic heterocycles. The highest BCUT2D eigenvalue weighted by atomic mass is 16.2. The van der Waals surface area contributed by atoms with Crippen LogP contribution in [0, 0.1) is 11.8 Å². The van der Waals surface area contributed by atoms with Crippen molar-refractivity contribution in [3.05, 3.63) is 24.3 Å². The van der Waals surface area contributed by atoms with Gasteiger partial charge in [0.25, 0.3) is 0 Å². The number of nitrogens with zero attached hydrogens (tertiary/aromatic N) is 3. The molecule has 1 aromatic carbocycles. The molecule has 1 aliphatic heterocycles. The summed E-state index contributed by atoms with van der Waals surface area (Å²) in [6, 6.07) is 8.82. The number of hydrogen-bond donors (Lipinski definition) is 1. The van der Waals surface area contributed by atoms with Crippen LogP contribution in [0.15, 0.2) is 24.3 Å². The smallest absolute Gasteiger partial charge is 0.225 e. The van der Waals surface area contributed by atoms with Crippen molar-refractivity contribution in [3.8, 4) is 0 Å². The summed E-state index contributed by atoms with van der Waals surface area (Å²) in [5.41, 5.74) is 2.25. The molecule has 0 spiro atoms. The summed E-state index contributed by atoms with van der Waals surface area (Å²) in [6.45, 7) is 7.26. The lowest BCUT2D eigenvalue weighted by Crippen LogP contribution is -2.44. The second-order valence-electron chi connectivity index (χ2n) is 8.30. The van der Waals surface area contributed by atoms with E-state index in [1.165, 1.54) is 5.52 Å². The first-order valence-corrected chi connectivity index (χ1v) is 10.1. The zero-order valence-corrected chi connectivity index (χ0v) is 15.9. The van der Waals surface area contributed by atoms with Crippen LogP contribution in [0.1, 0.15) is 46.0 Å². The van der Waals surface area contributed by atoms with Gasteiger partial charge in [-0.2, -0.15) is 0 Å². The summed E-state index contributed by atoms with van der Waals surface area (Å²) in [6.07, 6.45) is 5.46. The number of aromatic nitrogens is 2. The fourth-order valence-electron chi connectivity index (χ4n) is 3.83. The second-order valence-corrected chi connectivity index (χ2v) is 8.30. The molecule has 1 N–H and O–H groups in total. The molecular formula is C21H30N4O. The number of anilines is 1. The van der Waals surface area contributed by atoms with E-state index in [0.29, 0.717) is 12.0 Å². The first kappa shape index (κ1) is 17.4. The maximum atomic E-state index is 12.5. The van der Waals surface area contributed by atoms with Crippen molar-refractivity contribution in [3.63, 3.8) is 0 Å². The molecule has 1 aliphatic carbocycles. The van der Waals surface area contributed by atoms with Gasteiger partial charge in [-0.1, -0.05) is 26.0 Å². The standard InChI is InChI=1S/C21H30N4O/c1-15(2)11-13-25-19-8-4-3-7-18(19)23-21(25)24-12-5-6-16(14-24)20(26)22-17-9-10-17/h3-4,7-8,15-17H,5-6,9-14H2,1-2H3,(H,22,26). The Morgan fingerprint density at radius 2 is 2.08 bits per heavy atom. The third kappa shape index (κ3) is 3.71. The number of nitrogens with one attached hydrogen (secondary N) is 1. The van der Waals surface area contributed by atoms with E-state index >= 15 is 0 Å². The fourth-order valence-corrected chi connectivity index (χ4v) is 3.83. The molecule has 5 nitrogen and oxygen atoms in total. The Labute approximate surface area is 155 Å². The van der Waals surface area contributed by atoms with E-state index in [1.807, 2.05) is 6.07 Å². The van der Waals surface area contributed by atoms with Crippen LogP contribution in [-0.2, 0) is 11.3 Å². The Bertz CT molecular complexity index is 777. The minimum Gasteiger partial charge on any atom is -0.353 e. The highest BCUT2D eigenvalue weighted by Crippen LogP contribution is 2.28. The number of hydrogen-bond acceptors (Lipinski definition) is 3. The normalized spacial score (nSPS) is 20.7. The second kappa shape index (κ2) is 7.29. The van der Waals surface area contributed by atoms with Crippen molar-refractivity contribution in [2.24, 2.45) is 11.8 Å². The molecule has 5 heteroatoms. The zero-order valence-electron chi connectivity index (χ0n) is 15.9. The summed E-state index contributed by atoms with van der Waals surface area (Å²) >= 11 is 0. The van der Waals surface area contributed by atoms with Crippen molar-refractivity contribution in [1.82, 2.24) is 14.9 Å². The minimum absolute atomic E-state index is 0.0858. The molecule has 2 fully saturated rings. The predicted octanol–water partition coefficient (Wildman–Crippen LogP) is 3.58. The summed E-state index contributed by atoms with van der Waals surface area (Å²) in [7, 11) is 0. The first-order chi connectivity index (χ1) is 12.6. The number of carbonyl (C=O) groups is 1. The van der Waals surface area contributed by atoms with Gasteiger partial charge in [0.1, 0.15) is 0 Å². The highest BCUT2D eigenvalue weighted by molar-refractivity contribution is 5.81. The largest absolute Gasteiger partial charge is 0.353 e. The Balaban J connectivity index is 1.57. The van der Waals surface area contributed by atoms with Crippen LogP contribution in [0.4, 0.5) is 5.95 Å². The van der Waals surface area contributed by atoms with Crippen molar-refractivity contribution >= 4 is 22.9 Å². The zero-order chi connectivity index (χ0) is 18.1. The summed E-state index contributed by atoms with van der Waals surface area (Å²) in [5, 5.41) is 3.18. The number of fused-ring (bicyclic) bond motifs is 1. The van der Waals surface area contributed by atoms with Gasteiger partial charge in [-0.3, -0.25) is 4.79 Å². The van der Waals surface area contributed by atoms with E-state index in [9.17, 15) is 4.79 Å². The number of rotatable bonds is 6. The van der Waals surface area contributed by atoms with Crippen LogP contribution in [0.3, 0.4) is 0 Å². The van der Waals surface area contributed by atoms with Crippen molar-refractivity contribution in [2.75, 3.05) is 18.0 Å². The van der Waals surface area contributed by atoms with E-state index in [-0.39, 0.29) is 11.8 Å². The van der Waals surface area contributed by atoms with Crippen LogP contribution in [0.2, 0.25) is 0 Å². The highest BCUT2D eigenvalue weighted by Gasteiger charge is 2.32. The third-order valence-electron chi connectivity index (χ3n) is 5.56. The summed E-state index contributed by atoms with van der Waals surface area (Å²) < 4.78 is 2.36. The fraction of sp³-hybridized carbons (Fsp3) is 0.619. The average molecular weight is 354 g/mol. The molecule has 1 atom stereocenters. The van der Waals surface area contributed by atoms with Crippen LogP contribution in [0.25, 0.3) is 11.0 Å². The van der Waals surface area contributed by atoms with Gasteiger partial charge in [0.05, 0.1) is 17.0 Å². The molecule has 0 radical (unpaired) electrons. The van der Waals surface area contributed by atoms with E-state index in [2.05, 4.69) is 46.8 Å². The Morgan fingerprint density at radius 3 is 2.85 bits per heavy atom. The van der Waals surface area contributed by atoms with Gasteiger partial charge in [-0.25, -0.2) is 4.98 Å². The lowest BCUT2D eigenvalue weighted by molar-refractivity contribution is -0.125. The summed E-state index contributed by atoms with van der Waals surface area (Å²) in [4.78, 5) is 19.8. The van der Waals surface area contributed by atoms with Crippen molar-refractivity contribution < 1.29 is 4.79 Å². The molecule has 2 aliphatic rings. The van der Waals surface area contributed by atoms with Crippen LogP contribution >= 0.6 is 0 Å². The van der Waals surface area contributed by atoms with Crippen molar-refractivity contribution in [1.29, 1.82) is 0 Å². The molecule has 140 valence electrons. The van der Waals surface area contributed by atoms with Gasteiger partial charge in [0.2, 0.25) is 11.9 Å². The number of carbonyl (C=O) groups excluding carboxylic acids is 1. The van der Waals surface area contributed by atoms with Gasteiger partial charge in [-0.15, -0.1) is 0 Å². The predicted molar refractivity (Wildman–Crippen MR) is 105 cm³/mol. The van der Waals surface area contributed by atoms with Gasteiger partial charge < -0.3 is 14.8 Å². The van der Waals surface area contributed by atoms with Crippen LogP contribution in [-0.4, -0.2) is 34.6 Å². The summed E-state index contributed by atoms with van der Waals surface area (Å²) in [5.74, 6) is 2.02. The van der Waals surface area contributed by atoms with E-state index in [0.717, 1.165) is 63.2 Å². The van der Waals surface area contributed by atoms with E-state index < -0.39 is 0 Å². The average Bonchev–Trinajstić information content (AvgIpc) is 3.38. The molecule has 0 bridgehead atoms. The molecule has 1 saturated carbocycles. The minimum atomic E-state index is 0.0858. The van der Waals surface area contributed by atoms with Gasteiger partial charge in [-0.05, 0) is 50.2 Å². The third-order valence-corrected chi connectivity index (χ3v) is 5.56. The lowest BCUT2D eigenvalue weighted by Gasteiger charge is -2.33. The Kier molecular flexibility index (Phi) is 4.88. The van der Waals surface area contributed by atoms with E-state index in [4.69, 9.17) is 4.98 Å². The molecular weight excluding hydrogens is 324 g/mol. The van der Waals surface area contributed by atoms with E-state index in [1.54, 1.807) is 0 Å². The van der Waals surface area contributed by atoms with Gasteiger partial charge in [0.15, 0.2) is 0 Å². The number of piperidine rings is 1. The molecule has 2 aromatic rings. The molecule has 1 saturated heterocycles. The maximum absolute atomic E-state index is 12.5. The Hall–Kier alpha value is -2.04. The molecule has 1 unspecified atom stereocenters. The first-order valence-electron chi connectivity index (χ1n) is 10.1. The van der Waals surface area contributed by atoms with Crippen LogP contribution < -0.4 is 10.2 Å². The number of para-hydroxylation sites is 2. The molecule has 26 heavy (non-hydrogen) atoms. The monoisotopic (exact) mass is 354 g/mol. The van der Waals surface area contributed by atoms with Crippen molar-refractivity contribution in [2.45, 2.75) is 58.5 Å². The molecule has 2 heterocycles. The molecule has 4 rings (SSSR count). The lowest BCUT2D eigenvalue weighted by atomic mass is 9.97. The number of amides is 1.